The van der Waals surface area contributed by atoms with E-state index in [0.717, 1.165) is 17.5 Å². The standard InChI is InChI=1S/C19H28FN5O2S/c1-4-21-19(22-9-7-16-5-6-17(20)13-15(16)2)23-10-11-24-28(26,27)18-8-12-25(3)14-18/h5-6,8,12-14,24H,4,7,9-11H2,1-3H3,(H2,21,22,23). The zero-order chi connectivity index (χ0) is 20.6. The summed E-state index contributed by atoms with van der Waals surface area (Å²) >= 11 is 0. The highest BCUT2D eigenvalue weighted by Crippen LogP contribution is 2.10. The van der Waals surface area contributed by atoms with Crippen molar-refractivity contribution >= 4 is 16.0 Å². The lowest BCUT2D eigenvalue weighted by molar-refractivity contribution is 0.582. The number of guanidine groups is 1. The van der Waals surface area contributed by atoms with E-state index < -0.39 is 10.0 Å². The molecule has 2 rings (SSSR count). The Labute approximate surface area is 166 Å². The van der Waals surface area contributed by atoms with Crippen LogP contribution >= 0.6 is 0 Å². The third kappa shape index (κ3) is 6.65. The van der Waals surface area contributed by atoms with Crippen LogP contribution in [0.25, 0.3) is 0 Å². The minimum absolute atomic E-state index is 0.199. The lowest BCUT2D eigenvalue weighted by Gasteiger charge is -2.12. The van der Waals surface area contributed by atoms with Gasteiger partial charge in [0.15, 0.2) is 5.96 Å². The number of nitrogens with one attached hydrogen (secondary N) is 3. The zero-order valence-electron chi connectivity index (χ0n) is 16.5. The normalized spacial score (nSPS) is 12.2. The summed E-state index contributed by atoms with van der Waals surface area (Å²) < 4.78 is 41.7. The van der Waals surface area contributed by atoms with Crippen molar-refractivity contribution in [2.75, 3.05) is 26.2 Å². The molecule has 0 saturated heterocycles. The van der Waals surface area contributed by atoms with Crippen molar-refractivity contribution in [2.24, 2.45) is 12.0 Å². The molecule has 0 amide bonds. The highest BCUT2D eigenvalue weighted by atomic mass is 32.2. The molecule has 0 aliphatic heterocycles. The summed E-state index contributed by atoms with van der Waals surface area (Å²) in [4.78, 5) is 4.62. The first-order valence-electron chi connectivity index (χ1n) is 9.20. The van der Waals surface area contributed by atoms with Gasteiger partial charge in [0, 0.05) is 39.1 Å². The molecule has 0 aliphatic carbocycles. The summed E-state index contributed by atoms with van der Waals surface area (Å²) in [6.07, 6.45) is 3.97. The average molecular weight is 410 g/mol. The number of aryl methyl sites for hydroxylation is 2. The third-order valence-electron chi connectivity index (χ3n) is 4.12. The van der Waals surface area contributed by atoms with Gasteiger partial charge < -0.3 is 15.2 Å². The summed E-state index contributed by atoms with van der Waals surface area (Å²) in [7, 11) is -1.75. The summed E-state index contributed by atoms with van der Waals surface area (Å²) in [5.74, 6) is 0.378. The molecular formula is C19H28FN5O2S. The fourth-order valence-corrected chi connectivity index (χ4v) is 3.74. The van der Waals surface area contributed by atoms with E-state index in [-0.39, 0.29) is 17.3 Å². The second-order valence-electron chi connectivity index (χ2n) is 6.42. The summed E-state index contributed by atoms with van der Waals surface area (Å²) in [6, 6.07) is 6.32. The Kier molecular flexibility index (Phi) is 8.01. The van der Waals surface area contributed by atoms with Crippen molar-refractivity contribution in [3.8, 4) is 0 Å². The van der Waals surface area contributed by atoms with E-state index in [1.54, 1.807) is 36.1 Å². The van der Waals surface area contributed by atoms with Gasteiger partial charge in [-0.1, -0.05) is 6.07 Å². The van der Waals surface area contributed by atoms with Crippen LogP contribution in [0, 0.1) is 12.7 Å². The molecule has 3 N–H and O–H groups in total. The Bertz CT molecular complexity index is 909. The van der Waals surface area contributed by atoms with E-state index in [2.05, 4.69) is 20.3 Å². The van der Waals surface area contributed by atoms with E-state index in [1.807, 2.05) is 13.8 Å². The number of sulfonamides is 1. The van der Waals surface area contributed by atoms with Gasteiger partial charge in [0.2, 0.25) is 10.0 Å². The van der Waals surface area contributed by atoms with E-state index in [4.69, 9.17) is 0 Å². The number of nitrogens with zero attached hydrogens (tertiary/aromatic N) is 2. The van der Waals surface area contributed by atoms with Crippen LogP contribution in [0.2, 0.25) is 0 Å². The Hall–Kier alpha value is -2.39. The van der Waals surface area contributed by atoms with Gasteiger partial charge >= 0.3 is 0 Å². The number of aromatic nitrogens is 1. The van der Waals surface area contributed by atoms with Crippen LogP contribution in [-0.2, 0) is 23.5 Å². The highest BCUT2D eigenvalue weighted by molar-refractivity contribution is 7.89. The molecule has 2 aromatic rings. The maximum absolute atomic E-state index is 13.2. The predicted octanol–water partition coefficient (Wildman–Crippen LogP) is 1.55. The molecule has 0 aliphatic rings. The van der Waals surface area contributed by atoms with Crippen molar-refractivity contribution in [1.29, 1.82) is 0 Å². The number of hydrogen-bond donors (Lipinski definition) is 3. The molecule has 0 atom stereocenters. The summed E-state index contributed by atoms with van der Waals surface area (Å²) in [5.41, 5.74) is 1.99. The van der Waals surface area contributed by atoms with E-state index >= 15 is 0 Å². The van der Waals surface area contributed by atoms with Gasteiger partial charge in [0.05, 0.1) is 11.4 Å². The van der Waals surface area contributed by atoms with Crippen LogP contribution in [-0.4, -0.2) is 45.1 Å². The van der Waals surface area contributed by atoms with Crippen LogP contribution in [0.4, 0.5) is 4.39 Å². The number of hydrogen-bond acceptors (Lipinski definition) is 3. The van der Waals surface area contributed by atoms with Crippen molar-refractivity contribution in [2.45, 2.75) is 25.2 Å². The van der Waals surface area contributed by atoms with Crippen molar-refractivity contribution in [1.82, 2.24) is 19.9 Å². The fourth-order valence-electron chi connectivity index (χ4n) is 2.66. The third-order valence-corrected chi connectivity index (χ3v) is 5.57. The van der Waals surface area contributed by atoms with Gasteiger partial charge in [0.1, 0.15) is 5.82 Å². The SMILES string of the molecule is CCNC(=NCCNS(=O)(=O)c1ccn(C)c1)NCCc1ccc(F)cc1C. The summed E-state index contributed by atoms with van der Waals surface area (Å²) in [5, 5.41) is 6.33. The van der Waals surface area contributed by atoms with Gasteiger partial charge in [-0.2, -0.15) is 0 Å². The molecule has 0 unspecified atom stereocenters. The van der Waals surface area contributed by atoms with Gasteiger partial charge in [-0.3, -0.25) is 4.99 Å². The minimum atomic E-state index is -3.52. The molecular weight excluding hydrogens is 381 g/mol. The maximum atomic E-state index is 13.2. The number of aliphatic imine (C=N–C) groups is 1. The van der Waals surface area contributed by atoms with E-state index in [1.165, 1.54) is 12.1 Å². The van der Waals surface area contributed by atoms with Crippen LogP contribution in [0.1, 0.15) is 18.1 Å². The van der Waals surface area contributed by atoms with Gasteiger partial charge in [-0.15, -0.1) is 0 Å². The van der Waals surface area contributed by atoms with Crippen LogP contribution in [0.15, 0.2) is 46.5 Å². The zero-order valence-corrected chi connectivity index (χ0v) is 17.3. The van der Waals surface area contributed by atoms with Gasteiger partial charge in [0.25, 0.3) is 0 Å². The van der Waals surface area contributed by atoms with Gasteiger partial charge in [-0.25, -0.2) is 17.5 Å². The number of halogens is 1. The lowest BCUT2D eigenvalue weighted by atomic mass is 10.1. The van der Waals surface area contributed by atoms with Crippen molar-refractivity contribution < 1.29 is 12.8 Å². The lowest BCUT2D eigenvalue weighted by Crippen LogP contribution is -2.39. The highest BCUT2D eigenvalue weighted by Gasteiger charge is 2.13. The van der Waals surface area contributed by atoms with Crippen LogP contribution < -0.4 is 15.4 Å². The Balaban J connectivity index is 1.82. The predicted molar refractivity (Wildman–Crippen MR) is 109 cm³/mol. The Morgan fingerprint density at radius 2 is 2.00 bits per heavy atom. The molecule has 0 spiro atoms. The fraction of sp³-hybridized carbons (Fsp3) is 0.421. The van der Waals surface area contributed by atoms with Crippen molar-refractivity contribution in [3.05, 3.63) is 53.6 Å². The molecule has 1 aromatic carbocycles. The second-order valence-corrected chi connectivity index (χ2v) is 8.19. The quantitative estimate of drug-likeness (QED) is 0.333. The van der Waals surface area contributed by atoms with E-state index in [9.17, 15) is 12.8 Å². The largest absolute Gasteiger partial charge is 0.357 e. The Morgan fingerprint density at radius 1 is 1.21 bits per heavy atom. The molecule has 1 heterocycles. The summed E-state index contributed by atoms with van der Waals surface area (Å²) in [6.45, 7) is 5.67. The maximum Gasteiger partial charge on any atom is 0.242 e. The second kappa shape index (κ2) is 10.2. The molecule has 7 nitrogen and oxygen atoms in total. The van der Waals surface area contributed by atoms with Crippen molar-refractivity contribution in [3.63, 3.8) is 0 Å². The first-order valence-corrected chi connectivity index (χ1v) is 10.7. The van der Waals surface area contributed by atoms with E-state index in [0.29, 0.717) is 25.6 Å². The first kappa shape index (κ1) is 21.9. The Morgan fingerprint density at radius 3 is 2.64 bits per heavy atom. The molecule has 28 heavy (non-hydrogen) atoms. The molecule has 0 bridgehead atoms. The number of benzene rings is 1. The molecule has 1 aromatic heterocycles. The molecule has 0 radical (unpaired) electrons. The van der Waals surface area contributed by atoms with Crippen LogP contribution in [0.5, 0.6) is 0 Å². The minimum Gasteiger partial charge on any atom is -0.357 e. The molecule has 0 saturated carbocycles. The number of rotatable bonds is 9. The van der Waals surface area contributed by atoms with Gasteiger partial charge in [-0.05, 0) is 49.6 Å². The smallest absolute Gasteiger partial charge is 0.242 e. The average Bonchev–Trinajstić information content (AvgIpc) is 3.08. The molecule has 0 fully saturated rings. The monoisotopic (exact) mass is 409 g/mol. The molecule has 154 valence electrons. The molecule has 9 heteroatoms. The topological polar surface area (TPSA) is 87.5 Å². The first-order chi connectivity index (χ1) is 13.3. The van der Waals surface area contributed by atoms with Crippen LogP contribution in [0.3, 0.4) is 0 Å².